The van der Waals surface area contributed by atoms with Gasteiger partial charge in [-0.2, -0.15) is 0 Å². The number of nitrogens with one attached hydrogen (secondary N) is 2. The van der Waals surface area contributed by atoms with E-state index in [-0.39, 0.29) is 29.8 Å². The average Bonchev–Trinajstić information content (AvgIpc) is 2.58. The number of hydrogen-bond acceptors (Lipinski definition) is 2. The molecule has 2 N–H and O–H groups in total. The molecule has 1 atom stereocenters. The number of likely N-dealkylation sites (tertiary alicyclic amines) is 1. The van der Waals surface area contributed by atoms with Gasteiger partial charge in [0, 0.05) is 26.2 Å². The van der Waals surface area contributed by atoms with Crippen LogP contribution in [0.25, 0.3) is 0 Å². The lowest BCUT2D eigenvalue weighted by Crippen LogP contribution is -2.49. The molecule has 1 aromatic carbocycles. The van der Waals surface area contributed by atoms with Crippen molar-refractivity contribution in [1.29, 1.82) is 0 Å². The van der Waals surface area contributed by atoms with Gasteiger partial charge >= 0.3 is 0 Å². The second kappa shape index (κ2) is 11.6. The van der Waals surface area contributed by atoms with Crippen LogP contribution in [0.15, 0.2) is 29.3 Å². The van der Waals surface area contributed by atoms with Crippen LogP contribution in [0, 0.1) is 5.82 Å². The molecule has 136 valence electrons. The maximum atomic E-state index is 13.2. The predicted molar refractivity (Wildman–Crippen MR) is 110 cm³/mol. The van der Waals surface area contributed by atoms with Gasteiger partial charge in [-0.25, -0.2) is 4.39 Å². The standard InChI is InChI=1S/C18H29FN4.HI/c1-3-23-12-5-4-9-17(23)14-22-18(20-2)21-11-10-15-7-6-8-16(19)13-15;/h6-8,13,17H,3-5,9-12,14H2,1-2H3,(H2,20,21,22);1H. The zero-order valence-electron chi connectivity index (χ0n) is 14.7. The zero-order chi connectivity index (χ0) is 16.5. The molecule has 0 aromatic heterocycles. The van der Waals surface area contributed by atoms with Crippen LogP contribution < -0.4 is 10.6 Å². The second-order valence-electron chi connectivity index (χ2n) is 6.04. The summed E-state index contributed by atoms with van der Waals surface area (Å²) in [4.78, 5) is 6.81. The lowest BCUT2D eigenvalue weighted by Gasteiger charge is -2.35. The van der Waals surface area contributed by atoms with Crippen molar-refractivity contribution < 1.29 is 4.39 Å². The molecule has 1 saturated heterocycles. The summed E-state index contributed by atoms with van der Waals surface area (Å²) in [5.74, 6) is 0.644. The summed E-state index contributed by atoms with van der Waals surface area (Å²) in [5, 5.41) is 6.73. The van der Waals surface area contributed by atoms with Gasteiger partial charge in [-0.3, -0.25) is 9.89 Å². The lowest BCUT2D eigenvalue weighted by molar-refractivity contribution is 0.157. The molecule has 24 heavy (non-hydrogen) atoms. The molecule has 6 heteroatoms. The molecule has 1 fully saturated rings. The van der Waals surface area contributed by atoms with E-state index in [0.29, 0.717) is 6.04 Å². The van der Waals surface area contributed by atoms with Crippen LogP contribution in [0.4, 0.5) is 4.39 Å². The number of piperidine rings is 1. The molecule has 1 heterocycles. The number of rotatable bonds is 6. The van der Waals surface area contributed by atoms with Crippen molar-refractivity contribution >= 4 is 29.9 Å². The van der Waals surface area contributed by atoms with E-state index in [0.717, 1.165) is 37.6 Å². The van der Waals surface area contributed by atoms with Crippen molar-refractivity contribution in [3.63, 3.8) is 0 Å². The zero-order valence-corrected chi connectivity index (χ0v) is 17.1. The van der Waals surface area contributed by atoms with Crippen molar-refractivity contribution in [2.45, 2.75) is 38.6 Å². The second-order valence-corrected chi connectivity index (χ2v) is 6.04. The molecule has 0 aliphatic carbocycles. The molecular formula is C18H30FIN4. The lowest BCUT2D eigenvalue weighted by atomic mass is 10.0. The molecule has 0 spiro atoms. The van der Waals surface area contributed by atoms with Gasteiger partial charge in [0.25, 0.3) is 0 Å². The largest absolute Gasteiger partial charge is 0.356 e. The van der Waals surface area contributed by atoms with Gasteiger partial charge in [0.1, 0.15) is 5.82 Å². The van der Waals surface area contributed by atoms with E-state index in [2.05, 4.69) is 27.4 Å². The molecule has 1 aromatic rings. The van der Waals surface area contributed by atoms with Crippen molar-refractivity contribution in [3.8, 4) is 0 Å². The molecule has 1 unspecified atom stereocenters. The fraction of sp³-hybridized carbons (Fsp3) is 0.611. The molecular weight excluding hydrogens is 418 g/mol. The topological polar surface area (TPSA) is 39.7 Å². The normalized spacial score (nSPS) is 18.8. The van der Waals surface area contributed by atoms with Crippen LogP contribution in [0.3, 0.4) is 0 Å². The highest BCUT2D eigenvalue weighted by molar-refractivity contribution is 14.0. The fourth-order valence-corrected chi connectivity index (χ4v) is 3.16. The van der Waals surface area contributed by atoms with Crippen LogP contribution in [0.1, 0.15) is 31.7 Å². The molecule has 2 rings (SSSR count). The van der Waals surface area contributed by atoms with Gasteiger partial charge in [-0.05, 0) is 50.0 Å². The van der Waals surface area contributed by atoms with E-state index in [1.807, 2.05) is 6.07 Å². The van der Waals surface area contributed by atoms with E-state index < -0.39 is 0 Å². The molecule has 1 aliphatic rings. The van der Waals surface area contributed by atoms with Gasteiger partial charge in [0.2, 0.25) is 0 Å². The third-order valence-corrected chi connectivity index (χ3v) is 4.48. The first-order valence-corrected chi connectivity index (χ1v) is 8.66. The number of halogens is 2. The summed E-state index contributed by atoms with van der Waals surface area (Å²) in [6.45, 7) is 6.20. The Morgan fingerprint density at radius 3 is 2.88 bits per heavy atom. The first kappa shape index (κ1) is 21.2. The summed E-state index contributed by atoms with van der Waals surface area (Å²) in [7, 11) is 1.79. The van der Waals surface area contributed by atoms with Gasteiger partial charge in [-0.15, -0.1) is 24.0 Å². The minimum absolute atomic E-state index is 0. The Morgan fingerprint density at radius 1 is 1.33 bits per heavy atom. The number of guanidine groups is 1. The number of aliphatic imine (C=N–C) groups is 1. The van der Waals surface area contributed by atoms with Crippen molar-refractivity contribution in [2.24, 2.45) is 4.99 Å². The Morgan fingerprint density at radius 2 is 2.17 bits per heavy atom. The van der Waals surface area contributed by atoms with Gasteiger partial charge < -0.3 is 10.6 Å². The van der Waals surface area contributed by atoms with Crippen molar-refractivity contribution in [3.05, 3.63) is 35.6 Å². The summed E-state index contributed by atoms with van der Waals surface area (Å²) >= 11 is 0. The third-order valence-electron chi connectivity index (χ3n) is 4.48. The summed E-state index contributed by atoms with van der Waals surface area (Å²) in [5.41, 5.74) is 0.998. The van der Waals surface area contributed by atoms with Crippen molar-refractivity contribution in [2.75, 3.05) is 33.2 Å². The maximum absolute atomic E-state index is 13.2. The van der Waals surface area contributed by atoms with Crippen LogP contribution >= 0.6 is 24.0 Å². The average molecular weight is 448 g/mol. The summed E-state index contributed by atoms with van der Waals surface area (Å²) < 4.78 is 13.2. The quantitative estimate of drug-likeness (QED) is 0.400. The number of benzene rings is 1. The molecule has 0 amide bonds. The minimum Gasteiger partial charge on any atom is -0.356 e. The van der Waals surface area contributed by atoms with Gasteiger partial charge in [0.15, 0.2) is 5.96 Å². The highest BCUT2D eigenvalue weighted by atomic mass is 127. The smallest absolute Gasteiger partial charge is 0.191 e. The minimum atomic E-state index is -0.179. The van der Waals surface area contributed by atoms with Crippen LogP contribution in [0.2, 0.25) is 0 Å². The predicted octanol–water partition coefficient (Wildman–Crippen LogP) is 3.03. The van der Waals surface area contributed by atoms with Crippen LogP contribution in [-0.2, 0) is 6.42 Å². The Kier molecular flexibility index (Phi) is 10.2. The maximum Gasteiger partial charge on any atom is 0.191 e. The Labute approximate surface area is 162 Å². The summed E-state index contributed by atoms with van der Waals surface area (Å²) in [6.07, 6.45) is 4.66. The summed E-state index contributed by atoms with van der Waals surface area (Å²) in [6, 6.07) is 7.35. The van der Waals surface area contributed by atoms with E-state index in [9.17, 15) is 4.39 Å². The Balaban J connectivity index is 0.00000288. The first-order chi connectivity index (χ1) is 11.2. The fourth-order valence-electron chi connectivity index (χ4n) is 3.16. The van der Waals surface area contributed by atoms with E-state index in [1.54, 1.807) is 19.2 Å². The van der Waals surface area contributed by atoms with E-state index in [4.69, 9.17) is 0 Å². The number of nitrogens with zero attached hydrogens (tertiary/aromatic N) is 2. The third kappa shape index (κ3) is 6.93. The Bertz CT molecular complexity index is 510. The van der Waals surface area contributed by atoms with Crippen LogP contribution in [-0.4, -0.2) is 50.1 Å². The number of likely N-dealkylation sites (N-methyl/N-ethyl adjacent to an activating group) is 1. The monoisotopic (exact) mass is 448 g/mol. The van der Waals surface area contributed by atoms with Gasteiger partial charge in [0.05, 0.1) is 0 Å². The molecule has 4 nitrogen and oxygen atoms in total. The highest BCUT2D eigenvalue weighted by Crippen LogP contribution is 2.15. The molecule has 0 bridgehead atoms. The van der Waals surface area contributed by atoms with Crippen LogP contribution in [0.5, 0.6) is 0 Å². The van der Waals surface area contributed by atoms with Gasteiger partial charge in [-0.1, -0.05) is 25.5 Å². The Hall–Kier alpha value is -0.890. The highest BCUT2D eigenvalue weighted by Gasteiger charge is 2.20. The van der Waals surface area contributed by atoms with E-state index >= 15 is 0 Å². The SMILES string of the molecule is CCN1CCCCC1CNC(=NC)NCCc1cccc(F)c1.I. The van der Waals surface area contributed by atoms with Crippen molar-refractivity contribution in [1.82, 2.24) is 15.5 Å². The number of hydrogen-bond donors (Lipinski definition) is 2. The molecule has 0 saturated carbocycles. The molecule has 0 radical (unpaired) electrons. The van der Waals surface area contributed by atoms with E-state index in [1.165, 1.54) is 31.9 Å². The first-order valence-electron chi connectivity index (χ1n) is 8.66. The molecule has 1 aliphatic heterocycles.